The van der Waals surface area contributed by atoms with E-state index < -0.39 is 10.0 Å². The maximum atomic E-state index is 11.9. The first-order valence-corrected chi connectivity index (χ1v) is 9.34. The number of nitrogens with two attached hydrogens (primary N) is 1. The highest BCUT2D eigenvalue weighted by molar-refractivity contribution is 7.89. The maximum absolute atomic E-state index is 11.9. The van der Waals surface area contributed by atoms with E-state index in [0.717, 1.165) is 5.52 Å². The Hall–Kier alpha value is -1.55. The molecule has 2 rings (SSSR count). The van der Waals surface area contributed by atoms with Crippen LogP contribution >= 0.6 is 11.3 Å². The molecule has 2 N–H and O–H groups in total. The van der Waals surface area contributed by atoms with Gasteiger partial charge in [0.1, 0.15) is 0 Å². The summed E-state index contributed by atoms with van der Waals surface area (Å²) < 4.78 is 30.6. The zero-order chi connectivity index (χ0) is 17.2. The van der Waals surface area contributed by atoms with Gasteiger partial charge in [0.05, 0.1) is 21.7 Å². The number of thiazole rings is 1. The van der Waals surface area contributed by atoms with Gasteiger partial charge in [0, 0.05) is 19.6 Å². The summed E-state index contributed by atoms with van der Waals surface area (Å²) in [6.45, 7) is 4.51. The summed E-state index contributed by atoms with van der Waals surface area (Å²) in [6.07, 6.45) is 0. The fourth-order valence-corrected chi connectivity index (χ4v) is 3.65. The van der Waals surface area contributed by atoms with Gasteiger partial charge >= 0.3 is 0 Å². The smallest absolute Gasteiger partial charge is 0.250 e. The van der Waals surface area contributed by atoms with Gasteiger partial charge in [-0.1, -0.05) is 25.2 Å². The molecular weight excluding hydrogens is 338 g/mol. The summed E-state index contributed by atoms with van der Waals surface area (Å²) in [5.74, 6) is -0.439. The molecule has 0 aliphatic rings. The van der Waals surface area contributed by atoms with Gasteiger partial charge in [-0.15, -0.1) is 0 Å². The van der Waals surface area contributed by atoms with Gasteiger partial charge in [0.25, 0.3) is 5.91 Å². The van der Waals surface area contributed by atoms with Gasteiger partial charge < -0.3 is 9.30 Å². The van der Waals surface area contributed by atoms with Crippen molar-refractivity contribution in [1.29, 1.82) is 0 Å². The van der Waals surface area contributed by atoms with Crippen molar-refractivity contribution in [3.63, 3.8) is 0 Å². The molecule has 9 heteroatoms. The van der Waals surface area contributed by atoms with Crippen LogP contribution in [0.3, 0.4) is 0 Å². The standard InChI is InChI=1S/C14H19N3O4S2/c1-9(2)13(18)16-14-17(6-7-21-3)11-5-4-10(23(15,19)20)8-12(11)22-14/h4-5,8-9H,6-7H2,1-3H3,(H2,15,19,20). The first-order chi connectivity index (χ1) is 10.7. The first-order valence-electron chi connectivity index (χ1n) is 6.97. The summed E-state index contributed by atoms with van der Waals surface area (Å²) in [4.78, 5) is 16.6. The first kappa shape index (κ1) is 17.8. The van der Waals surface area contributed by atoms with E-state index in [1.165, 1.54) is 23.5 Å². The molecule has 0 saturated heterocycles. The molecule has 0 aliphatic heterocycles. The SMILES string of the molecule is COCCn1c(=NC(=O)C(C)C)sc2cc(S(N)(=O)=O)ccc21. The number of carbonyl (C=O) groups is 1. The third kappa shape index (κ3) is 4.05. The van der Waals surface area contributed by atoms with Crippen LogP contribution in [0.25, 0.3) is 10.2 Å². The quantitative estimate of drug-likeness (QED) is 0.864. The van der Waals surface area contributed by atoms with Crippen LogP contribution in [0.5, 0.6) is 0 Å². The molecular formula is C14H19N3O4S2. The van der Waals surface area contributed by atoms with E-state index in [1.54, 1.807) is 27.0 Å². The van der Waals surface area contributed by atoms with E-state index >= 15 is 0 Å². The monoisotopic (exact) mass is 357 g/mol. The van der Waals surface area contributed by atoms with Gasteiger partial charge in [0.2, 0.25) is 10.0 Å². The van der Waals surface area contributed by atoms with Gasteiger partial charge in [0.15, 0.2) is 4.80 Å². The Morgan fingerprint density at radius 2 is 2.13 bits per heavy atom. The molecule has 1 aromatic heterocycles. The number of benzene rings is 1. The summed E-state index contributed by atoms with van der Waals surface area (Å²) >= 11 is 1.25. The topological polar surface area (TPSA) is 104 Å². The molecule has 0 unspecified atom stereocenters. The number of amides is 1. The fraction of sp³-hybridized carbons (Fsp3) is 0.429. The van der Waals surface area contributed by atoms with Crippen molar-refractivity contribution in [3.05, 3.63) is 23.0 Å². The Balaban J connectivity index is 2.67. The van der Waals surface area contributed by atoms with E-state index in [2.05, 4.69) is 4.99 Å². The summed E-state index contributed by atoms with van der Waals surface area (Å²) in [5, 5.41) is 5.17. The third-order valence-corrected chi connectivity index (χ3v) is 5.15. The molecule has 0 saturated carbocycles. The van der Waals surface area contributed by atoms with Crippen molar-refractivity contribution in [2.24, 2.45) is 16.0 Å². The van der Waals surface area contributed by atoms with Crippen LogP contribution in [0.15, 0.2) is 28.1 Å². The van der Waals surface area contributed by atoms with Crippen molar-refractivity contribution in [2.75, 3.05) is 13.7 Å². The number of hydrogen-bond acceptors (Lipinski definition) is 5. The average Bonchev–Trinajstić information content (AvgIpc) is 2.80. The highest BCUT2D eigenvalue weighted by atomic mass is 32.2. The molecule has 0 atom stereocenters. The largest absolute Gasteiger partial charge is 0.383 e. The van der Waals surface area contributed by atoms with Gasteiger partial charge in [-0.3, -0.25) is 4.79 Å². The van der Waals surface area contributed by atoms with E-state index in [4.69, 9.17) is 9.88 Å². The molecule has 1 amide bonds. The zero-order valence-corrected chi connectivity index (χ0v) is 14.8. The van der Waals surface area contributed by atoms with E-state index in [1.807, 2.05) is 4.57 Å². The molecule has 2 aromatic rings. The van der Waals surface area contributed by atoms with Crippen molar-refractivity contribution in [2.45, 2.75) is 25.3 Å². The lowest BCUT2D eigenvalue weighted by molar-refractivity contribution is -0.120. The number of primary sulfonamides is 1. The van der Waals surface area contributed by atoms with Crippen LogP contribution in [0.4, 0.5) is 0 Å². The number of sulfonamides is 1. The molecule has 0 radical (unpaired) electrons. The van der Waals surface area contributed by atoms with E-state index in [0.29, 0.717) is 22.7 Å². The molecule has 1 heterocycles. The number of hydrogen-bond donors (Lipinski definition) is 1. The van der Waals surface area contributed by atoms with Crippen LogP contribution in [-0.2, 0) is 26.1 Å². The minimum Gasteiger partial charge on any atom is -0.383 e. The Bertz CT molecular complexity index is 894. The Morgan fingerprint density at radius 3 is 2.70 bits per heavy atom. The molecule has 7 nitrogen and oxygen atoms in total. The number of rotatable bonds is 5. The number of carbonyl (C=O) groups excluding carboxylic acids is 1. The molecule has 0 fully saturated rings. The lowest BCUT2D eigenvalue weighted by Gasteiger charge is -2.05. The summed E-state index contributed by atoms with van der Waals surface area (Å²) in [6, 6.07) is 4.61. The normalized spacial score (nSPS) is 13.2. The average molecular weight is 357 g/mol. The van der Waals surface area contributed by atoms with Crippen LogP contribution in [0, 0.1) is 5.92 Å². The van der Waals surface area contributed by atoms with Crippen molar-refractivity contribution in [1.82, 2.24) is 4.57 Å². The van der Waals surface area contributed by atoms with Crippen LogP contribution < -0.4 is 9.94 Å². The highest BCUT2D eigenvalue weighted by Gasteiger charge is 2.13. The molecule has 0 aliphatic carbocycles. The molecule has 0 bridgehead atoms. The zero-order valence-electron chi connectivity index (χ0n) is 13.1. The summed E-state index contributed by atoms with van der Waals surface area (Å²) in [7, 11) is -2.19. The molecule has 0 spiro atoms. The highest BCUT2D eigenvalue weighted by Crippen LogP contribution is 2.21. The van der Waals surface area contributed by atoms with Crippen LogP contribution in [0.2, 0.25) is 0 Å². The minimum absolute atomic E-state index is 0.0341. The number of ether oxygens (including phenoxy) is 1. The maximum Gasteiger partial charge on any atom is 0.250 e. The fourth-order valence-electron chi connectivity index (χ4n) is 1.94. The van der Waals surface area contributed by atoms with Gasteiger partial charge in [-0.2, -0.15) is 4.99 Å². The molecule has 23 heavy (non-hydrogen) atoms. The predicted octanol–water partition coefficient (Wildman–Crippen LogP) is 1.08. The van der Waals surface area contributed by atoms with Crippen molar-refractivity contribution in [3.8, 4) is 0 Å². The Labute approximate surface area is 138 Å². The molecule has 126 valence electrons. The Kier molecular flexibility index (Phi) is 5.35. The number of fused-ring (bicyclic) bond motifs is 1. The van der Waals surface area contributed by atoms with Crippen LogP contribution in [0.1, 0.15) is 13.8 Å². The molecule has 1 aromatic carbocycles. The second kappa shape index (κ2) is 6.91. The minimum atomic E-state index is -3.78. The lowest BCUT2D eigenvalue weighted by Crippen LogP contribution is -2.20. The summed E-state index contributed by atoms with van der Waals surface area (Å²) in [5.41, 5.74) is 0.787. The van der Waals surface area contributed by atoms with E-state index in [9.17, 15) is 13.2 Å². The number of nitrogens with zero attached hydrogens (tertiary/aromatic N) is 2. The second-order valence-electron chi connectivity index (χ2n) is 5.31. The number of methoxy groups -OCH3 is 1. The van der Waals surface area contributed by atoms with E-state index in [-0.39, 0.29) is 16.7 Å². The second-order valence-corrected chi connectivity index (χ2v) is 7.88. The van der Waals surface area contributed by atoms with Crippen molar-refractivity contribution < 1.29 is 17.9 Å². The van der Waals surface area contributed by atoms with Crippen LogP contribution in [-0.4, -0.2) is 32.6 Å². The van der Waals surface area contributed by atoms with Gasteiger partial charge in [-0.25, -0.2) is 13.6 Å². The number of aromatic nitrogens is 1. The lowest BCUT2D eigenvalue weighted by atomic mass is 10.2. The third-order valence-electron chi connectivity index (χ3n) is 3.20. The Morgan fingerprint density at radius 1 is 1.43 bits per heavy atom. The predicted molar refractivity (Wildman–Crippen MR) is 88.5 cm³/mol. The van der Waals surface area contributed by atoms with Crippen molar-refractivity contribution >= 4 is 37.5 Å². The van der Waals surface area contributed by atoms with Gasteiger partial charge in [-0.05, 0) is 18.2 Å².